The molecule has 2 aromatic rings. The number of aliphatic carboxylic acids is 1. The fourth-order valence-corrected chi connectivity index (χ4v) is 7.10. The number of carbonyl (C=O) groups is 2. The van der Waals surface area contributed by atoms with Crippen molar-refractivity contribution in [3.8, 4) is 0 Å². The van der Waals surface area contributed by atoms with Crippen molar-refractivity contribution in [2.24, 2.45) is 0 Å². The van der Waals surface area contributed by atoms with Gasteiger partial charge in [-0.2, -0.15) is 0 Å². The highest BCUT2D eigenvalue weighted by Gasteiger charge is 2.59. The van der Waals surface area contributed by atoms with Crippen LogP contribution in [0.15, 0.2) is 34.5 Å². The molecule has 4 rings (SSSR count). The highest BCUT2D eigenvalue weighted by atomic mass is 35.5. The standard InChI is InChI=1S/C19H19ClN2O5S2/c1-11-10-28-17(21-11)19(6-7-19)18(25)22-9-12(8-14(22)16(23)24)29(26,27)15-5-3-2-4-13(15)20/h2-5,10,12,14H,6-9H2,1H3,(H,23,24)/t12-,14+/m1/s1. The average Bonchev–Trinajstić information content (AvgIpc) is 3.14. The molecule has 154 valence electrons. The molecule has 29 heavy (non-hydrogen) atoms. The van der Waals surface area contributed by atoms with Crippen molar-refractivity contribution < 1.29 is 23.1 Å². The SMILES string of the molecule is Cc1csc(C2(C(=O)N3C[C@H](S(=O)(=O)c4ccccc4Cl)C[C@H]3C(=O)O)CC2)n1. The Morgan fingerprint density at radius 1 is 1.31 bits per heavy atom. The van der Waals surface area contributed by atoms with Crippen LogP contribution in [0.3, 0.4) is 0 Å². The molecule has 1 aliphatic heterocycles. The van der Waals surface area contributed by atoms with Gasteiger partial charge in [-0.3, -0.25) is 4.79 Å². The van der Waals surface area contributed by atoms with Crippen LogP contribution in [0.4, 0.5) is 0 Å². The van der Waals surface area contributed by atoms with Crippen molar-refractivity contribution in [2.45, 2.75) is 47.8 Å². The summed E-state index contributed by atoms with van der Waals surface area (Å²) in [6, 6.07) is 4.88. The van der Waals surface area contributed by atoms with Crippen LogP contribution >= 0.6 is 22.9 Å². The van der Waals surface area contributed by atoms with E-state index >= 15 is 0 Å². The molecule has 1 amide bonds. The van der Waals surface area contributed by atoms with Gasteiger partial charge in [0, 0.05) is 17.6 Å². The van der Waals surface area contributed by atoms with Crippen LogP contribution in [0, 0.1) is 6.92 Å². The Bertz CT molecular complexity index is 1090. The molecule has 1 aromatic carbocycles. The van der Waals surface area contributed by atoms with Gasteiger partial charge in [0.2, 0.25) is 5.91 Å². The van der Waals surface area contributed by atoms with Gasteiger partial charge in [0.25, 0.3) is 0 Å². The van der Waals surface area contributed by atoms with Crippen LogP contribution in [0.5, 0.6) is 0 Å². The summed E-state index contributed by atoms with van der Waals surface area (Å²) in [6.07, 6.45) is 1.01. The van der Waals surface area contributed by atoms with E-state index in [0.717, 1.165) is 5.69 Å². The lowest BCUT2D eigenvalue weighted by molar-refractivity contribution is -0.149. The van der Waals surface area contributed by atoms with Crippen molar-refractivity contribution in [3.05, 3.63) is 45.4 Å². The minimum absolute atomic E-state index is 0.0400. The lowest BCUT2D eigenvalue weighted by atomic mass is 10.1. The second-order valence-electron chi connectivity index (χ2n) is 7.52. The highest BCUT2D eigenvalue weighted by molar-refractivity contribution is 7.92. The largest absolute Gasteiger partial charge is 0.480 e. The van der Waals surface area contributed by atoms with E-state index in [4.69, 9.17) is 11.6 Å². The first-order chi connectivity index (χ1) is 13.7. The molecule has 0 unspecified atom stereocenters. The van der Waals surface area contributed by atoms with Crippen molar-refractivity contribution >= 4 is 44.7 Å². The second-order valence-corrected chi connectivity index (χ2v) is 11.0. The minimum Gasteiger partial charge on any atom is -0.480 e. The van der Waals surface area contributed by atoms with Gasteiger partial charge >= 0.3 is 5.97 Å². The van der Waals surface area contributed by atoms with Gasteiger partial charge in [0.05, 0.1) is 15.2 Å². The zero-order valence-corrected chi connectivity index (χ0v) is 17.9. The van der Waals surface area contributed by atoms with E-state index in [2.05, 4.69) is 4.98 Å². The third-order valence-corrected chi connectivity index (χ3v) is 9.37. The van der Waals surface area contributed by atoms with Crippen LogP contribution < -0.4 is 0 Å². The van der Waals surface area contributed by atoms with E-state index in [0.29, 0.717) is 17.8 Å². The molecule has 10 heteroatoms. The summed E-state index contributed by atoms with van der Waals surface area (Å²) in [5.41, 5.74) is -0.0187. The Morgan fingerprint density at radius 2 is 2.00 bits per heavy atom. The fraction of sp³-hybridized carbons (Fsp3) is 0.421. The number of halogens is 1. The van der Waals surface area contributed by atoms with Crippen molar-refractivity contribution in [3.63, 3.8) is 0 Å². The number of carboxylic acid groups (broad SMARTS) is 1. The number of rotatable bonds is 5. The van der Waals surface area contributed by atoms with Crippen molar-refractivity contribution in [2.75, 3.05) is 6.54 Å². The first-order valence-electron chi connectivity index (χ1n) is 9.12. The predicted molar refractivity (Wildman–Crippen MR) is 108 cm³/mol. The van der Waals surface area contributed by atoms with Gasteiger partial charge in [-0.1, -0.05) is 23.7 Å². The summed E-state index contributed by atoms with van der Waals surface area (Å²) in [5.74, 6) is -1.56. The maximum absolute atomic E-state index is 13.3. The van der Waals surface area contributed by atoms with E-state index in [1.165, 1.54) is 28.4 Å². The molecule has 1 saturated carbocycles. The molecule has 0 spiro atoms. The molecule has 2 atom stereocenters. The van der Waals surface area contributed by atoms with E-state index in [1.54, 1.807) is 12.1 Å². The Balaban J connectivity index is 1.66. The number of benzene rings is 1. The number of hydrogen-bond donors (Lipinski definition) is 1. The van der Waals surface area contributed by atoms with Gasteiger partial charge in [-0.05, 0) is 38.3 Å². The lowest BCUT2D eigenvalue weighted by Gasteiger charge is -2.25. The number of aryl methyl sites for hydroxylation is 1. The summed E-state index contributed by atoms with van der Waals surface area (Å²) < 4.78 is 26.2. The van der Waals surface area contributed by atoms with Gasteiger partial charge < -0.3 is 10.0 Å². The second kappa shape index (κ2) is 7.07. The van der Waals surface area contributed by atoms with E-state index in [-0.39, 0.29) is 28.8 Å². The number of amides is 1. The number of nitrogens with zero attached hydrogens (tertiary/aromatic N) is 2. The van der Waals surface area contributed by atoms with E-state index < -0.39 is 32.5 Å². The zero-order valence-electron chi connectivity index (χ0n) is 15.5. The lowest BCUT2D eigenvalue weighted by Crippen LogP contribution is -2.46. The average molecular weight is 455 g/mol. The maximum Gasteiger partial charge on any atom is 0.326 e. The fourth-order valence-electron chi connectivity index (χ4n) is 3.83. The molecule has 2 heterocycles. The smallest absolute Gasteiger partial charge is 0.326 e. The highest BCUT2D eigenvalue weighted by Crippen LogP contribution is 2.51. The summed E-state index contributed by atoms with van der Waals surface area (Å²) in [5, 5.41) is 11.3. The topological polar surface area (TPSA) is 105 Å². The van der Waals surface area contributed by atoms with Gasteiger partial charge in [0.15, 0.2) is 9.84 Å². The number of likely N-dealkylation sites (tertiary alicyclic amines) is 1. The Hall–Kier alpha value is -1.97. The van der Waals surface area contributed by atoms with E-state index in [9.17, 15) is 23.1 Å². The zero-order chi connectivity index (χ0) is 21.0. The van der Waals surface area contributed by atoms with Gasteiger partial charge in [-0.25, -0.2) is 18.2 Å². The molecular formula is C19H19ClN2O5S2. The number of aromatic nitrogens is 1. The number of carboxylic acids is 1. The quantitative estimate of drug-likeness (QED) is 0.744. The number of thiazole rings is 1. The minimum atomic E-state index is -3.89. The Morgan fingerprint density at radius 3 is 2.55 bits per heavy atom. The van der Waals surface area contributed by atoms with Crippen molar-refractivity contribution in [1.82, 2.24) is 9.88 Å². The third-order valence-electron chi connectivity index (χ3n) is 5.58. The molecule has 7 nitrogen and oxygen atoms in total. The molecule has 2 aliphatic rings. The van der Waals surface area contributed by atoms with Gasteiger partial charge in [0.1, 0.15) is 16.5 Å². The normalized spacial score (nSPS) is 23.2. The number of carbonyl (C=O) groups excluding carboxylic acids is 1. The Labute approximate surface area is 177 Å². The maximum atomic E-state index is 13.3. The van der Waals surface area contributed by atoms with Crippen LogP contribution in [-0.2, 0) is 24.8 Å². The molecule has 1 N–H and O–H groups in total. The van der Waals surface area contributed by atoms with Crippen LogP contribution in [0.1, 0.15) is 30.0 Å². The van der Waals surface area contributed by atoms with Crippen LogP contribution in [0.25, 0.3) is 0 Å². The summed E-state index contributed by atoms with van der Waals surface area (Å²) in [6.45, 7) is 1.66. The molecular weight excluding hydrogens is 436 g/mol. The summed E-state index contributed by atoms with van der Waals surface area (Å²) in [4.78, 5) is 30.8. The van der Waals surface area contributed by atoms with Gasteiger partial charge in [-0.15, -0.1) is 11.3 Å². The monoisotopic (exact) mass is 454 g/mol. The molecule has 1 aromatic heterocycles. The summed E-state index contributed by atoms with van der Waals surface area (Å²) in [7, 11) is -3.89. The first kappa shape index (κ1) is 20.3. The van der Waals surface area contributed by atoms with Crippen LogP contribution in [0.2, 0.25) is 5.02 Å². The first-order valence-corrected chi connectivity index (χ1v) is 11.9. The predicted octanol–water partition coefficient (Wildman–Crippen LogP) is 2.66. The summed E-state index contributed by atoms with van der Waals surface area (Å²) >= 11 is 7.45. The third kappa shape index (κ3) is 3.35. The molecule has 0 bridgehead atoms. The molecule has 1 aliphatic carbocycles. The number of sulfone groups is 1. The van der Waals surface area contributed by atoms with E-state index in [1.807, 2.05) is 12.3 Å². The molecule has 0 radical (unpaired) electrons. The number of hydrogen-bond acceptors (Lipinski definition) is 6. The molecule has 2 fully saturated rings. The molecule has 1 saturated heterocycles. The Kier molecular flexibility index (Phi) is 4.95. The van der Waals surface area contributed by atoms with Crippen LogP contribution in [-0.4, -0.2) is 53.1 Å². The van der Waals surface area contributed by atoms with Crippen molar-refractivity contribution in [1.29, 1.82) is 0 Å².